The third-order valence-corrected chi connectivity index (χ3v) is 1.34. The zero-order valence-corrected chi connectivity index (χ0v) is 7.00. The van der Waals surface area contributed by atoms with Crippen molar-refractivity contribution in [2.24, 2.45) is 0 Å². The Balaban J connectivity index is 2.39. The first-order valence-corrected chi connectivity index (χ1v) is 3.58. The van der Waals surface area contributed by atoms with Crippen molar-refractivity contribution in [1.82, 2.24) is 26.0 Å². The van der Waals surface area contributed by atoms with Gasteiger partial charge in [-0.25, -0.2) is 0 Å². The van der Waals surface area contributed by atoms with Gasteiger partial charge in [0.05, 0.1) is 12.7 Å². The minimum absolute atomic E-state index is 0.0673. The Morgan fingerprint density at radius 2 is 2.38 bits per heavy atom. The van der Waals surface area contributed by atoms with Gasteiger partial charge in [-0.05, 0) is 0 Å². The molecule has 0 fully saturated rings. The number of carbonyl (C=O) groups excluding carboxylic acids is 2. The molecule has 0 aliphatic heterocycles. The highest BCUT2D eigenvalue weighted by atomic mass is 16.2. The van der Waals surface area contributed by atoms with E-state index in [1.54, 1.807) is 0 Å². The van der Waals surface area contributed by atoms with Gasteiger partial charge in [-0.1, -0.05) is 0 Å². The van der Waals surface area contributed by atoms with E-state index in [0.717, 1.165) is 0 Å². The molecule has 1 aromatic heterocycles. The summed E-state index contributed by atoms with van der Waals surface area (Å²) < 4.78 is 0. The number of H-pyrrole nitrogens is 1. The molecule has 0 spiro atoms. The van der Waals surface area contributed by atoms with E-state index in [-0.39, 0.29) is 18.1 Å². The fourth-order valence-electron chi connectivity index (χ4n) is 0.651. The van der Waals surface area contributed by atoms with E-state index in [0.29, 0.717) is 0 Å². The molecule has 1 aromatic rings. The largest absolute Gasteiger partial charge is 0.358 e. The third kappa shape index (κ3) is 2.55. The molecule has 0 unspecified atom stereocenters. The Morgan fingerprint density at radius 1 is 1.62 bits per heavy atom. The van der Waals surface area contributed by atoms with E-state index in [9.17, 15) is 9.59 Å². The number of rotatable bonds is 3. The van der Waals surface area contributed by atoms with Gasteiger partial charge in [0.2, 0.25) is 5.91 Å². The maximum atomic E-state index is 11.1. The summed E-state index contributed by atoms with van der Waals surface area (Å²) in [6.45, 7) is -0.0673. The van der Waals surface area contributed by atoms with Crippen LogP contribution in [0.2, 0.25) is 0 Å². The zero-order chi connectivity index (χ0) is 9.68. The van der Waals surface area contributed by atoms with Crippen LogP contribution in [0.4, 0.5) is 0 Å². The number of likely N-dealkylation sites (N-methyl/N-ethyl adjacent to an activating group) is 1. The van der Waals surface area contributed by atoms with Gasteiger partial charge in [0.1, 0.15) is 0 Å². The van der Waals surface area contributed by atoms with Crippen LogP contribution in [0.25, 0.3) is 0 Å². The Bertz CT molecular complexity index is 294. The van der Waals surface area contributed by atoms with Crippen molar-refractivity contribution in [2.75, 3.05) is 13.6 Å². The van der Waals surface area contributed by atoms with Crippen LogP contribution in [0.3, 0.4) is 0 Å². The SMILES string of the molecule is CNC(=O)CNC(=O)c1cn[nH]n1. The summed E-state index contributed by atoms with van der Waals surface area (Å²) in [7, 11) is 1.49. The lowest BCUT2D eigenvalue weighted by Gasteiger charge is -2.00. The molecule has 7 nitrogen and oxygen atoms in total. The molecule has 0 atom stereocenters. The minimum atomic E-state index is -0.433. The average molecular weight is 183 g/mol. The van der Waals surface area contributed by atoms with Crippen molar-refractivity contribution in [2.45, 2.75) is 0 Å². The molecular weight excluding hydrogens is 174 g/mol. The van der Waals surface area contributed by atoms with E-state index in [1.807, 2.05) is 0 Å². The Morgan fingerprint density at radius 3 is 2.92 bits per heavy atom. The predicted molar refractivity (Wildman–Crippen MR) is 42.8 cm³/mol. The molecule has 1 heterocycles. The first-order valence-electron chi connectivity index (χ1n) is 3.58. The number of hydrogen-bond acceptors (Lipinski definition) is 4. The molecule has 0 saturated heterocycles. The van der Waals surface area contributed by atoms with Crippen LogP contribution in [0.1, 0.15) is 10.5 Å². The van der Waals surface area contributed by atoms with Crippen molar-refractivity contribution in [1.29, 1.82) is 0 Å². The first-order chi connectivity index (χ1) is 6.24. The maximum Gasteiger partial charge on any atom is 0.273 e. The second-order valence-electron chi connectivity index (χ2n) is 2.21. The van der Waals surface area contributed by atoms with Gasteiger partial charge in [0.25, 0.3) is 5.91 Å². The number of amides is 2. The fraction of sp³-hybridized carbons (Fsp3) is 0.333. The number of aromatic nitrogens is 3. The second kappa shape index (κ2) is 4.19. The highest BCUT2D eigenvalue weighted by Crippen LogP contribution is 1.86. The quantitative estimate of drug-likeness (QED) is 0.519. The van der Waals surface area contributed by atoms with Crippen LogP contribution < -0.4 is 10.6 Å². The maximum absolute atomic E-state index is 11.1. The number of nitrogens with one attached hydrogen (secondary N) is 3. The summed E-state index contributed by atoms with van der Waals surface area (Å²) in [6, 6.07) is 0. The summed E-state index contributed by atoms with van der Waals surface area (Å²) in [5.74, 6) is -0.700. The van der Waals surface area contributed by atoms with Gasteiger partial charge in [0, 0.05) is 7.05 Å². The molecule has 0 aromatic carbocycles. The number of hydrogen-bond donors (Lipinski definition) is 3. The van der Waals surface area contributed by atoms with Crippen LogP contribution in [-0.2, 0) is 4.79 Å². The third-order valence-electron chi connectivity index (χ3n) is 1.34. The lowest BCUT2D eigenvalue weighted by atomic mass is 10.4. The molecule has 3 N–H and O–H groups in total. The minimum Gasteiger partial charge on any atom is -0.358 e. The van der Waals surface area contributed by atoms with Gasteiger partial charge in [-0.15, -0.1) is 0 Å². The topological polar surface area (TPSA) is 99.8 Å². The van der Waals surface area contributed by atoms with Crippen LogP contribution in [0.5, 0.6) is 0 Å². The Hall–Kier alpha value is -1.92. The van der Waals surface area contributed by atoms with Gasteiger partial charge in [0.15, 0.2) is 5.69 Å². The van der Waals surface area contributed by atoms with E-state index >= 15 is 0 Å². The second-order valence-corrected chi connectivity index (χ2v) is 2.21. The van der Waals surface area contributed by atoms with Crippen molar-refractivity contribution in [3.05, 3.63) is 11.9 Å². The van der Waals surface area contributed by atoms with Crippen LogP contribution in [0.15, 0.2) is 6.20 Å². The molecule has 0 radical (unpaired) electrons. The highest BCUT2D eigenvalue weighted by molar-refractivity contribution is 5.94. The molecule has 1 rings (SSSR count). The molecule has 70 valence electrons. The molecule has 2 amide bonds. The normalized spacial score (nSPS) is 9.31. The molecule has 0 aliphatic carbocycles. The Labute approximate surface area is 73.9 Å². The summed E-state index contributed by atoms with van der Waals surface area (Å²) in [6.07, 6.45) is 1.28. The van der Waals surface area contributed by atoms with E-state index < -0.39 is 5.91 Å². The summed E-state index contributed by atoms with van der Waals surface area (Å²) >= 11 is 0. The molecular formula is C6H9N5O2. The molecule has 0 saturated carbocycles. The summed E-state index contributed by atoms with van der Waals surface area (Å²) in [4.78, 5) is 21.8. The standard InChI is InChI=1S/C6H9N5O2/c1-7-5(12)3-8-6(13)4-2-9-11-10-4/h2H,3H2,1H3,(H,7,12)(H,8,13)(H,9,10,11). The van der Waals surface area contributed by atoms with Crippen molar-refractivity contribution in [3.63, 3.8) is 0 Å². The predicted octanol–water partition coefficient (Wildman–Crippen LogP) is -1.72. The monoisotopic (exact) mass is 183 g/mol. The van der Waals surface area contributed by atoms with Gasteiger partial charge >= 0.3 is 0 Å². The smallest absolute Gasteiger partial charge is 0.273 e. The van der Waals surface area contributed by atoms with Crippen LogP contribution >= 0.6 is 0 Å². The average Bonchev–Trinajstić information content (AvgIpc) is 2.66. The van der Waals surface area contributed by atoms with Gasteiger partial charge in [-0.3, -0.25) is 9.59 Å². The molecule has 13 heavy (non-hydrogen) atoms. The number of nitrogens with zero attached hydrogens (tertiary/aromatic N) is 2. The van der Waals surface area contributed by atoms with Gasteiger partial charge < -0.3 is 10.6 Å². The Kier molecular flexibility index (Phi) is 2.96. The van der Waals surface area contributed by atoms with Gasteiger partial charge in [-0.2, -0.15) is 15.4 Å². The molecule has 7 heteroatoms. The molecule has 0 aliphatic rings. The van der Waals surface area contributed by atoms with E-state index in [2.05, 4.69) is 26.0 Å². The van der Waals surface area contributed by atoms with Crippen molar-refractivity contribution in [3.8, 4) is 0 Å². The molecule has 0 bridgehead atoms. The van der Waals surface area contributed by atoms with Crippen molar-refractivity contribution < 1.29 is 9.59 Å². The fourth-order valence-corrected chi connectivity index (χ4v) is 0.651. The van der Waals surface area contributed by atoms with Crippen LogP contribution in [-0.4, -0.2) is 40.8 Å². The first kappa shape index (κ1) is 9.17. The lowest BCUT2D eigenvalue weighted by molar-refractivity contribution is -0.119. The van der Waals surface area contributed by atoms with E-state index in [4.69, 9.17) is 0 Å². The summed E-state index contributed by atoms with van der Waals surface area (Å²) in [5.41, 5.74) is 0.156. The highest BCUT2D eigenvalue weighted by Gasteiger charge is 2.08. The van der Waals surface area contributed by atoms with E-state index in [1.165, 1.54) is 13.2 Å². The summed E-state index contributed by atoms with van der Waals surface area (Å²) in [5, 5.41) is 14.0. The number of carbonyl (C=O) groups is 2. The lowest BCUT2D eigenvalue weighted by Crippen LogP contribution is -2.35. The van der Waals surface area contributed by atoms with Crippen molar-refractivity contribution >= 4 is 11.8 Å². The number of aromatic amines is 1. The van der Waals surface area contributed by atoms with Crippen LogP contribution in [0, 0.1) is 0 Å². The zero-order valence-electron chi connectivity index (χ0n) is 7.00.